The van der Waals surface area contributed by atoms with E-state index in [9.17, 15) is 0 Å². The van der Waals surface area contributed by atoms with Gasteiger partial charge in [-0.05, 0) is 26.7 Å². The van der Waals surface area contributed by atoms with Gasteiger partial charge in [0, 0.05) is 44.1 Å². The lowest BCUT2D eigenvalue weighted by Crippen LogP contribution is -2.38. The zero-order valence-electron chi connectivity index (χ0n) is 16.1. The number of hydrogen-bond acceptors (Lipinski definition) is 5. The molecule has 1 fully saturated rings. The third-order valence-corrected chi connectivity index (χ3v) is 4.25. The molecule has 1 unspecified atom stereocenters. The number of methoxy groups -OCH3 is 1. The third-order valence-electron chi connectivity index (χ3n) is 4.25. The lowest BCUT2D eigenvalue weighted by Gasteiger charge is -2.15. The first-order chi connectivity index (χ1) is 12.2. The lowest BCUT2D eigenvalue weighted by atomic mass is 10.1. The Labute approximate surface area is 173 Å². The van der Waals surface area contributed by atoms with E-state index >= 15 is 0 Å². The van der Waals surface area contributed by atoms with Gasteiger partial charge in [-0.3, -0.25) is 9.98 Å². The summed E-state index contributed by atoms with van der Waals surface area (Å²) in [6, 6.07) is 0. The van der Waals surface area contributed by atoms with Crippen LogP contribution < -0.4 is 15.4 Å². The predicted molar refractivity (Wildman–Crippen MR) is 114 cm³/mol. The molecule has 0 radical (unpaired) electrons. The van der Waals surface area contributed by atoms with Crippen molar-refractivity contribution in [3.05, 3.63) is 23.0 Å². The van der Waals surface area contributed by atoms with Crippen molar-refractivity contribution in [1.82, 2.24) is 15.6 Å². The minimum Gasteiger partial charge on any atom is -0.496 e. The smallest absolute Gasteiger partial charge is 0.191 e. The molecule has 0 amide bonds. The fourth-order valence-electron chi connectivity index (χ4n) is 2.81. The Bertz CT molecular complexity index is 578. The first-order valence-electron chi connectivity index (χ1n) is 8.78. The van der Waals surface area contributed by atoms with Crippen molar-refractivity contribution in [3.63, 3.8) is 0 Å². The second kappa shape index (κ2) is 12.3. The van der Waals surface area contributed by atoms with E-state index < -0.39 is 0 Å². The van der Waals surface area contributed by atoms with Crippen molar-refractivity contribution < 1.29 is 14.2 Å². The minimum atomic E-state index is 0. The highest BCUT2D eigenvalue weighted by Crippen LogP contribution is 2.23. The molecule has 0 aromatic carbocycles. The maximum atomic E-state index is 5.75. The van der Waals surface area contributed by atoms with Crippen molar-refractivity contribution in [2.24, 2.45) is 4.99 Å². The number of guanidine groups is 1. The number of pyridine rings is 1. The molecule has 0 aliphatic carbocycles. The highest BCUT2D eigenvalue weighted by molar-refractivity contribution is 14.0. The van der Waals surface area contributed by atoms with Crippen LogP contribution in [0.4, 0.5) is 0 Å². The Kier molecular flexibility index (Phi) is 10.8. The van der Waals surface area contributed by atoms with E-state index in [1.54, 1.807) is 14.2 Å². The normalized spacial score (nSPS) is 16.9. The Morgan fingerprint density at radius 3 is 2.85 bits per heavy atom. The molecule has 8 heteroatoms. The number of aromatic nitrogens is 1. The van der Waals surface area contributed by atoms with Crippen LogP contribution >= 0.6 is 24.0 Å². The summed E-state index contributed by atoms with van der Waals surface area (Å²) < 4.78 is 16.5. The monoisotopic (exact) mass is 478 g/mol. The van der Waals surface area contributed by atoms with Gasteiger partial charge in [0.1, 0.15) is 5.75 Å². The first kappa shape index (κ1) is 22.9. The van der Waals surface area contributed by atoms with Crippen LogP contribution in [0.5, 0.6) is 5.75 Å². The molecule has 1 aliphatic rings. The molecule has 0 spiro atoms. The average molecular weight is 478 g/mol. The Hall–Kier alpha value is -1.13. The summed E-state index contributed by atoms with van der Waals surface area (Å²) >= 11 is 0. The van der Waals surface area contributed by atoms with Crippen LogP contribution in [0.15, 0.2) is 11.2 Å². The fourth-order valence-corrected chi connectivity index (χ4v) is 2.81. The van der Waals surface area contributed by atoms with Gasteiger partial charge in [-0.1, -0.05) is 0 Å². The molecule has 2 heterocycles. The van der Waals surface area contributed by atoms with Gasteiger partial charge in [-0.15, -0.1) is 24.0 Å². The molecule has 1 atom stereocenters. The number of nitrogens with zero attached hydrogens (tertiary/aromatic N) is 2. The summed E-state index contributed by atoms with van der Waals surface area (Å²) in [5, 5.41) is 6.58. The second-order valence-corrected chi connectivity index (χ2v) is 6.11. The molecule has 1 saturated heterocycles. The zero-order chi connectivity index (χ0) is 18.1. The SMILES string of the molecule is CN=C(NCCCOC1CCOC1)NCc1ncc(C)c(OC)c1C.I. The molecule has 1 aromatic heterocycles. The van der Waals surface area contributed by atoms with Gasteiger partial charge in [0.25, 0.3) is 0 Å². The molecule has 7 nitrogen and oxygen atoms in total. The van der Waals surface area contributed by atoms with Crippen molar-refractivity contribution in [2.45, 2.75) is 39.3 Å². The summed E-state index contributed by atoms with van der Waals surface area (Å²) in [6.45, 7) is 7.69. The summed E-state index contributed by atoms with van der Waals surface area (Å²) in [4.78, 5) is 8.73. The standard InChI is InChI=1S/C18H30N4O3.HI/c1-13-10-21-16(14(2)17(13)23-4)11-22-18(19-3)20-7-5-8-25-15-6-9-24-12-15;/h10,15H,5-9,11-12H2,1-4H3,(H2,19,20,22);1H. The van der Waals surface area contributed by atoms with Gasteiger partial charge in [0.2, 0.25) is 0 Å². The van der Waals surface area contributed by atoms with Gasteiger partial charge in [0.05, 0.1) is 32.1 Å². The Balaban J connectivity index is 0.00000338. The largest absolute Gasteiger partial charge is 0.496 e. The number of halogens is 1. The fraction of sp³-hybridized carbons (Fsp3) is 0.667. The van der Waals surface area contributed by atoms with E-state index in [-0.39, 0.29) is 30.1 Å². The van der Waals surface area contributed by atoms with Crippen LogP contribution in [0.2, 0.25) is 0 Å². The second-order valence-electron chi connectivity index (χ2n) is 6.11. The minimum absolute atomic E-state index is 0. The molecule has 0 saturated carbocycles. The lowest BCUT2D eigenvalue weighted by molar-refractivity contribution is 0.0420. The van der Waals surface area contributed by atoms with E-state index in [0.717, 1.165) is 67.7 Å². The van der Waals surface area contributed by atoms with Gasteiger partial charge in [-0.25, -0.2) is 0 Å². The molecule has 1 aliphatic heterocycles. The number of ether oxygens (including phenoxy) is 3. The molecular formula is C18H31IN4O3. The van der Waals surface area contributed by atoms with Crippen LogP contribution in [0.3, 0.4) is 0 Å². The first-order valence-corrected chi connectivity index (χ1v) is 8.78. The van der Waals surface area contributed by atoms with E-state index in [4.69, 9.17) is 14.2 Å². The summed E-state index contributed by atoms with van der Waals surface area (Å²) in [5.41, 5.74) is 3.05. The molecule has 26 heavy (non-hydrogen) atoms. The molecule has 148 valence electrons. The zero-order valence-corrected chi connectivity index (χ0v) is 18.5. The third kappa shape index (κ3) is 6.88. The van der Waals surface area contributed by atoms with E-state index in [1.165, 1.54) is 0 Å². The highest BCUT2D eigenvalue weighted by atomic mass is 127. The maximum Gasteiger partial charge on any atom is 0.191 e. The van der Waals surface area contributed by atoms with Crippen LogP contribution in [0.1, 0.15) is 29.7 Å². The molecular weight excluding hydrogens is 447 g/mol. The number of aliphatic imine (C=N–C) groups is 1. The van der Waals surface area contributed by atoms with Crippen molar-refractivity contribution in [1.29, 1.82) is 0 Å². The van der Waals surface area contributed by atoms with Gasteiger partial charge < -0.3 is 24.8 Å². The van der Waals surface area contributed by atoms with Gasteiger partial charge >= 0.3 is 0 Å². The van der Waals surface area contributed by atoms with Crippen molar-refractivity contribution in [3.8, 4) is 5.75 Å². The number of hydrogen-bond donors (Lipinski definition) is 2. The predicted octanol–water partition coefficient (Wildman–Crippen LogP) is 2.19. The number of rotatable bonds is 8. The van der Waals surface area contributed by atoms with Gasteiger partial charge in [0.15, 0.2) is 5.96 Å². The maximum absolute atomic E-state index is 5.75. The van der Waals surface area contributed by atoms with E-state index in [1.807, 2.05) is 20.0 Å². The summed E-state index contributed by atoms with van der Waals surface area (Å²) in [6.07, 6.45) is 4.03. The van der Waals surface area contributed by atoms with E-state index in [2.05, 4.69) is 20.6 Å². The van der Waals surface area contributed by atoms with Gasteiger partial charge in [-0.2, -0.15) is 0 Å². The molecule has 1 aromatic rings. The average Bonchev–Trinajstić information content (AvgIpc) is 3.12. The Morgan fingerprint density at radius 2 is 2.19 bits per heavy atom. The van der Waals surface area contributed by atoms with Crippen molar-refractivity contribution in [2.75, 3.05) is 40.5 Å². The van der Waals surface area contributed by atoms with Crippen LogP contribution in [0.25, 0.3) is 0 Å². The van der Waals surface area contributed by atoms with Crippen LogP contribution in [-0.4, -0.2) is 57.6 Å². The summed E-state index contributed by atoms with van der Waals surface area (Å²) in [5.74, 6) is 1.65. The van der Waals surface area contributed by atoms with Crippen LogP contribution in [-0.2, 0) is 16.0 Å². The molecule has 0 bridgehead atoms. The molecule has 2 N–H and O–H groups in total. The van der Waals surface area contributed by atoms with Crippen molar-refractivity contribution >= 4 is 29.9 Å². The number of nitrogens with one attached hydrogen (secondary N) is 2. The number of aryl methyl sites for hydroxylation is 1. The topological polar surface area (TPSA) is 77.0 Å². The highest BCUT2D eigenvalue weighted by Gasteiger charge is 2.15. The van der Waals surface area contributed by atoms with E-state index in [0.29, 0.717) is 6.54 Å². The van der Waals surface area contributed by atoms with Crippen LogP contribution in [0, 0.1) is 13.8 Å². The Morgan fingerprint density at radius 1 is 1.38 bits per heavy atom. The summed E-state index contributed by atoms with van der Waals surface area (Å²) in [7, 11) is 3.45. The molecule has 2 rings (SSSR count). The quantitative estimate of drug-likeness (QED) is 0.258.